The molecule has 1 aliphatic heterocycles. The van der Waals surface area contributed by atoms with Crippen molar-refractivity contribution in [1.82, 2.24) is 10.4 Å². The first-order valence-electron chi connectivity index (χ1n) is 4.96. The van der Waals surface area contributed by atoms with Gasteiger partial charge in [-0.2, -0.15) is 0 Å². The van der Waals surface area contributed by atoms with E-state index in [-0.39, 0.29) is 0 Å². The fourth-order valence-corrected chi connectivity index (χ4v) is 1.98. The van der Waals surface area contributed by atoms with Crippen LogP contribution < -0.4 is 16.6 Å². The third-order valence-corrected chi connectivity index (χ3v) is 2.74. The summed E-state index contributed by atoms with van der Waals surface area (Å²) in [5, 5.41) is 1.03. The van der Waals surface area contributed by atoms with E-state index in [1.165, 1.54) is 0 Å². The number of carbonyl (C=O) groups is 1. The van der Waals surface area contributed by atoms with Gasteiger partial charge in [0.25, 0.3) is 0 Å². The summed E-state index contributed by atoms with van der Waals surface area (Å²) in [6.07, 6.45) is 1.72. The number of fused-ring (bicyclic) bond motifs is 3. The van der Waals surface area contributed by atoms with Crippen molar-refractivity contribution in [3.63, 3.8) is 0 Å². The Bertz CT molecular complexity index is 581. The normalized spacial score (nSPS) is 18.1. The van der Waals surface area contributed by atoms with Gasteiger partial charge in [-0.15, -0.1) is 0 Å². The summed E-state index contributed by atoms with van der Waals surface area (Å²) < 4.78 is 0. The number of benzene rings is 1. The minimum atomic E-state index is -0.485. The lowest BCUT2D eigenvalue weighted by molar-refractivity contribution is -0.119. The molecule has 0 fully saturated rings. The molecule has 1 unspecified atom stereocenters. The highest BCUT2D eigenvalue weighted by Gasteiger charge is 2.27. The monoisotopic (exact) mass is 214 g/mol. The number of nitrogens with two attached hydrogens (primary N) is 1. The number of primary amides is 1. The molecule has 1 aromatic heterocycles. The molecule has 0 aliphatic carbocycles. The second-order valence-electron chi connectivity index (χ2n) is 3.71. The lowest BCUT2D eigenvalue weighted by atomic mass is 10.0. The third kappa shape index (κ3) is 1.15. The van der Waals surface area contributed by atoms with Gasteiger partial charge in [-0.3, -0.25) is 9.78 Å². The van der Waals surface area contributed by atoms with Gasteiger partial charge in [0.1, 0.15) is 6.04 Å². The number of hydrazine groups is 1. The molecule has 1 aliphatic rings. The summed E-state index contributed by atoms with van der Waals surface area (Å²) in [5.74, 6) is -0.401. The van der Waals surface area contributed by atoms with Crippen molar-refractivity contribution in [1.29, 1.82) is 0 Å². The Morgan fingerprint density at radius 1 is 1.38 bits per heavy atom. The van der Waals surface area contributed by atoms with E-state index in [4.69, 9.17) is 5.73 Å². The first kappa shape index (κ1) is 9.11. The van der Waals surface area contributed by atoms with Crippen molar-refractivity contribution >= 4 is 22.5 Å². The standard InChI is InChI=1S/C11H10N4O/c12-11(16)10-7-4-3-6-2-1-5-13-8(6)9(7)14-15-10/h1-5,10,14-15H,(H2,12,16). The number of nitrogens with zero attached hydrogens (tertiary/aromatic N) is 1. The van der Waals surface area contributed by atoms with E-state index in [9.17, 15) is 4.79 Å². The molecule has 0 saturated carbocycles. The van der Waals surface area contributed by atoms with Gasteiger partial charge in [0.05, 0.1) is 11.2 Å². The molecular weight excluding hydrogens is 204 g/mol. The van der Waals surface area contributed by atoms with Gasteiger partial charge in [0, 0.05) is 17.1 Å². The Kier molecular flexibility index (Phi) is 1.81. The average Bonchev–Trinajstić information content (AvgIpc) is 2.73. The minimum Gasteiger partial charge on any atom is -0.368 e. The number of pyridine rings is 1. The Balaban J connectivity index is 2.26. The lowest BCUT2D eigenvalue weighted by Gasteiger charge is -2.05. The number of hydrogen-bond donors (Lipinski definition) is 3. The second-order valence-corrected chi connectivity index (χ2v) is 3.71. The zero-order valence-corrected chi connectivity index (χ0v) is 8.40. The maximum atomic E-state index is 11.2. The minimum absolute atomic E-state index is 0.401. The Morgan fingerprint density at radius 3 is 3.06 bits per heavy atom. The van der Waals surface area contributed by atoms with Crippen LogP contribution in [0.4, 0.5) is 5.69 Å². The predicted octanol–water partition coefficient (Wildman–Crippen LogP) is 0.691. The summed E-state index contributed by atoms with van der Waals surface area (Å²) in [5.41, 5.74) is 13.6. The molecule has 3 rings (SSSR count). The fraction of sp³-hybridized carbons (Fsp3) is 0.0909. The maximum absolute atomic E-state index is 11.2. The second kappa shape index (κ2) is 3.18. The highest BCUT2D eigenvalue weighted by Crippen LogP contribution is 2.33. The van der Waals surface area contributed by atoms with Crippen molar-refractivity contribution in [3.8, 4) is 0 Å². The molecule has 0 bridgehead atoms. The third-order valence-electron chi connectivity index (χ3n) is 2.74. The molecule has 1 aromatic carbocycles. The molecule has 2 heterocycles. The van der Waals surface area contributed by atoms with E-state index in [1.54, 1.807) is 6.20 Å². The number of nitrogens with one attached hydrogen (secondary N) is 2. The Hall–Kier alpha value is -2.14. The average molecular weight is 214 g/mol. The molecule has 16 heavy (non-hydrogen) atoms. The van der Waals surface area contributed by atoms with Crippen molar-refractivity contribution < 1.29 is 4.79 Å². The molecule has 2 aromatic rings. The fourth-order valence-electron chi connectivity index (χ4n) is 1.98. The van der Waals surface area contributed by atoms with E-state index < -0.39 is 11.9 Å². The van der Waals surface area contributed by atoms with Crippen molar-refractivity contribution in [3.05, 3.63) is 36.0 Å². The SMILES string of the molecule is NC(=O)C1NNc2c1ccc1cccnc21. The van der Waals surface area contributed by atoms with Gasteiger partial charge in [-0.25, -0.2) is 5.43 Å². The van der Waals surface area contributed by atoms with Gasteiger partial charge < -0.3 is 11.2 Å². The molecule has 0 spiro atoms. The summed E-state index contributed by atoms with van der Waals surface area (Å²) in [4.78, 5) is 15.5. The number of carbonyl (C=O) groups excluding carboxylic acids is 1. The Morgan fingerprint density at radius 2 is 2.25 bits per heavy atom. The summed E-state index contributed by atoms with van der Waals surface area (Å²) in [6, 6.07) is 7.19. The molecule has 0 saturated heterocycles. The van der Waals surface area contributed by atoms with E-state index in [2.05, 4.69) is 15.8 Å². The predicted molar refractivity (Wildman–Crippen MR) is 60.4 cm³/mol. The van der Waals surface area contributed by atoms with Gasteiger partial charge in [0.2, 0.25) is 5.91 Å². The van der Waals surface area contributed by atoms with Gasteiger partial charge >= 0.3 is 0 Å². The number of anilines is 1. The highest BCUT2D eigenvalue weighted by atomic mass is 16.1. The van der Waals surface area contributed by atoms with Crippen LogP contribution in [0.15, 0.2) is 30.5 Å². The topological polar surface area (TPSA) is 80.0 Å². The van der Waals surface area contributed by atoms with Crippen molar-refractivity contribution in [2.24, 2.45) is 5.73 Å². The van der Waals surface area contributed by atoms with E-state index in [0.717, 1.165) is 22.2 Å². The van der Waals surface area contributed by atoms with Crippen molar-refractivity contribution in [2.75, 3.05) is 5.43 Å². The van der Waals surface area contributed by atoms with Crippen molar-refractivity contribution in [2.45, 2.75) is 6.04 Å². The van der Waals surface area contributed by atoms with Crippen LogP contribution in [0.5, 0.6) is 0 Å². The molecule has 0 radical (unpaired) electrons. The molecular formula is C11H10N4O. The first-order valence-corrected chi connectivity index (χ1v) is 4.96. The van der Waals surface area contributed by atoms with Gasteiger partial charge in [-0.05, 0) is 6.07 Å². The van der Waals surface area contributed by atoms with E-state index >= 15 is 0 Å². The smallest absolute Gasteiger partial charge is 0.241 e. The largest absolute Gasteiger partial charge is 0.368 e. The van der Waals surface area contributed by atoms with Crippen LogP contribution in [0.2, 0.25) is 0 Å². The van der Waals surface area contributed by atoms with E-state index in [0.29, 0.717) is 0 Å². The van der Waals surface area contributed by atoms with Crippen LogP contribution in [-0.4, -0.2) is 10.9 Å². The summed E-state index contributed by atoms with van der Waals surface area (Å²) in [6.45, 7) is 0. The molecule has 4 N–H and O–H groups in total. The van der Waals surface area contributed by atoms with Crippen LogP contribution >= 0.6 is 0 Å². The highest BCUT2D eigenvalue weighted by molar-refractivity contribution is 5.96. The molecule has 80 valence electrons. The molecule has 1 atom stereocenters. The summed E-state index contributed by atoms with van der Waals surface area (Å²) >= 11 is 0. The maximum Gasteiger partial charge on any atom is 0.241 e. The van der Waals surface area contributed by atoms with Crippen LogP contribution in [-0.2, 0) is 4.79 Å². The zero-order valence-electron chi connectivity index (χ0n) is 8.40. The zero-order chi connectivity index (χ0) is 11.1. The number of rotatable bonds is 1. The number of aromatic nitrogens is 1. The van der Waals surface area contributed by atoms with Crippen LogP contribution in [0, 0.1) is 0 Å². The first-order chi connectivity index (χ1) is 7.77. The van der Waals surface area contributed by atoms with Crippen LogP contribution in [0.3, 0.4) is 0 Å². The Labute approximate surface area is 91.6 Å². The lowest BCUT2D eigenvalue weighted by Crippen LogP contribution is -2.31. The number of amides is 1. The number of hydrogen-bond acceptors (Lipinski definition) is 4. The van der Waals surface area contributed by atoms with Gasteiger partial charge in [0.15, 0.2) is 0 Å². The van der Waals surface area contributed by atoms with Gasteiger partial charge in [-0.1, -0.05) is 18.2 Å². The van der Waals surface area contributed by atoms with Crippen LogP contribution in [0.25, 0.3) is 10.9 Å². The molecule has 5 heteroatoms. The van der Waals surface area contributed by atoms with Crippen LogP contribution in [0.1, 0.15) is 11.6 Å². The summed E-state index contributed by atoms with van der Waals surface area (Å²) in [7, 11) is 0. The van der Waals surface area contributed by atoms with E-state index in [1.807, 2.05) is 24.3 Å². The molecule has 1 amide bonds. The molecule has 5 nitrogen and oxygen atoms in total. The quantitative estimate of drug-likeness (QED) is 0.652.